The second-order valence-electron chi connectivity index (χ2n) is 5.77. The van der Waals surface area contributed by atoms with Gasteiger partial charge in [-0.25, -0.2) is 9.78 Å². The fourth-order valence-corrected chi connectivity index (χ4v) is 3.67. The normalized spacial score (nSPS) is 17.4. The minimum atomic E-state index is -0.925. The lowest BCUT2D eigenvalue weighted by molar-refractivity contribution is 0.0690. The van der Waals surface area contributed by atoms with E-state index in [1.54, 1.807) is 10.6 Å². The molecule has 6 nitrogen and oxygen atoms in total. The van der Waals surface area contributed by atoms with Gasteiger partial charge in [-0.1, -0.05) is 0 Å². The molecule has 0 bridgehead atoms. The molecule has 0 aromatic carbocycles. The van der Waals surface area contributed by atoms with E-state index in [9.17, 15) is 9.90 Å². The second-order valence-corrected chi connectivity index (χ2v) is 6.64. The van der Waals surface area contributed by atoms with Gasteiger partial charge in [-0.05, 0) is 38.9 Å². The largest absolute Gasteiger partial charge is 0.476 e. The predicted molar refractivity (Wildman–Crippen MR) is 83.5 cm³/mol. The molecule has 0 amide bonds. The van der Waals surface area contributed by atoms with Crippen molar-refractivity contribution in [2.45, 2.75) is 12.8 Å². The van der Waals surface area contributed by atoms with Crippen LogP contribution in [0.1, 0.15) is 23.3 Å². The Kier molecular flexibility index (Phi) is 3.86. The molecule has 114 valence electrons. The van der Waals surface area contributed by atoms with Gasteiger partial charge in [0.05, 0.1) is 0 Å². The van der Waals surface area contributed by atoms with Crippen LogP contribution in [0.15, 0.2) is 11.6 Å². The van der Waals surface area contributed by atoms with Gasteiger partial charge in [0.2, 0.25) is 0 Å². The molecule has 0 saturated carbocycles. The Morgan fingerprint density at radius 2 is 2.24 bits per heavy atom. The maximum atomic E-state index is 11.5. The Hall–Kier alpha value is -1.60. The van der Waals surface area contributed by atoms with Gasteiger partial charge < -0.3 is 14.9 Å². The quantitative estimate of drug-likeness (QED) is 0.934. The van der Waals surface area contributed by atoms with Crippen LogP contribution < -0.4 is 4.90 Å². The van der Waals surface area contributed by atoms with Crippen LogP contribution in [-0.2, 0) is 0 Å². The van der Waals surface area contributed by atoms with E-state index >= 15 is 0 Å². The average Bonchev–Trinajstić information content (AvgIpc) is 3.00. The van der Waals surface area contributed by atoms with Gasteiger partial charge in [0.1, 0.15) is 0 Å². The molecule has 1 aliphatic rings. The van der Waals surface area contributed by atoms with Crippen molar-refractivity contribution in [1.29, 1.82) is 0 Å². The molecular weight excluding hydrogens is 288 g/mol. The SMILES string of the molecule is CN1CCC(CN(C)c2nc3sccn3c2C(=O)O)CC1. The third kappa shape index (κ3) is 2.75. The number of nitrogens with zero attached hydrogens (tertiary/aromatic N) is 4. The number of aromatic carboxylic acids is 1. The summed E-state index contributed by atoms with van der Waals surface area (Å²) in [5, 5.41) is 11.3. The zero-order valence-electron chi connectivity index (χ0n) is 12.3. The predicted octanol–water partition coefficient (Wildman–Crippen LogP) is 1.87. The molecule has 21 heavy (non-hydrogen) atoms. The zero-order chi connectivity index (χ0) is 15.0. The molecule has 2 aromatic heterocycles. The van der Waals surface area contributed by atoms with Crippen LogP contribution in [0.3, 0.4) is 0 Å². The van der Waals surface area contributed by atoms with Crippen LogP contribution >= 0.6 is 11.3 Å². The highest BCUT2D eigenvalue weighted by Crippen LogP contribution is 2.26. The Bertz CT molecular complexity index is 642. The highest BCUT2D eigenvalue weighted by atomic mass is 32.1. The summed E-state index contributed by atoms with van der Waals surface area (Å²) in [6.07, 6.45) is 4.08. The molecule has 3 rings (SSSR count). The summed E-state index contributed by atoms with van der Waals surface area (Å²) in [6, 6.07) is 0. The van der Waals surface area contributed by atoms with Crippen molar-refractivity contribution < 1.29 is 9.90 Å². The lowest BCUT2D eigenvalue weighted by Gasteiger charge is -2.31. The standard InChI is InChI=1S/C14H20N4O2S/c1-16-5-3-10(4-6-16)9-17(2)12-11(13(19)20)18-7-8-21-14(18)15-12/h7-8,10H,3-6,9H2,1-2H3,(H,19,20). The summed E-state index contributed by atoms with van der Waals surface area (Å²) < 4.78 is 1.66. The van der Waals surface area contributed by atoms with E-state index in [2.05, 4.69) is 16.9 Å². The number of fused-ring (bicyclic) bond motifs is 1. The second kappa shape index (κ2) is 5.65. The number of aromatic nitrogens is 2. The van der Waals surface area contributed by atoms with E-state index in [1.807, 2.05) is 17.3 Å². The van der Waals surface area contributed by atoms with Gasteiger partial charge in [0.15, 0.2) is 16.5 Å². The van der Waals surface area contributed by atoms with Crippen LogP contribution in [0.5, 0.6) is 0 Å². The first-order valence-corrected chi connectivity index (χ1v) is 8.02. The van der Waals surface area contributed by atoms with Gasteiger partial charge in [0.25, 0.3) is 0 Å². The summed E-state index contributed by atoms with van der Waals surface area (Å²) in [7, 11) is 4.09. The van der Waals surface area contributed by atoms with Crippen LogP contribution in [0.4, 0.5) is 5.82 Å². The molecule has 0 spiro atoms. The summed E-state index contributed by atoms with van der Waals surface area (Å²) in [5.41, 5.74) is 0.265. The fourth-order valence-electron chi connectivity index (χ4n) is 2.96. The molecular formula is C14H20N4O2S. The molecule has 1 N–H and O–H groups in total. The molecule has 0 atom stereocenters. The van der Waals surface area contributed by atoms with E-state index in [1.165, 1.54) is 11.3 Å². The van der Waals surface area contributed by atoms with E-state index < -0.39 is 5.97 Å². The number of thiazole rings is 1. The van der Waals surface area contributed by atoms with E-state index in [0.717, 1.165) is 37.4 Å². The first-order valence-electron chi connectivity index (χ1n) is 7.14. The van der Waals surface area contributed by atoms with Crippen molar-refractivity contribution in [3.63, 3.8) is 0 Å². The van der Waals surface area contributed by atoms with E-state index in [4.69, 9.17) is 0 Å². The van der Waals surface area contributed by atoms with Crippen molar-refractivity contribution in [1.82, 2.24) is 14.3 Å². The molecule has 1 saturated heterocycles. The average molecular weight is 308 g/mol. The molecule has 0 unspecified atom stereocenters. The number of likely N-dealkylation sites (tertiary alicyclic amines) is 1. The fraction of sp³-hybridized carbons (Fsp3) is 0.571. The van der Waals surface area contributed by atoms with Crippen molar-refractivity contribution in [3.05, 3.63) is 17.3 Å². The Balaban J connectivity index is 1.81. The number of carboxylic acid groups (broad SMARTS) is 1. The van der Waals surface area contributed by atoms with Gasteiger partial charge in [-0.3, -0.25) is 4.40 Å². The minimum absolute atomic E-state index is 0.265. The summed E-state index contributed by atoms with van der Waals surface area (Å²) >= 11 is 1.46. The third-order valence-electron chi connectivity index (χ3n) is 4.18. The molecule has 1 fully saturated rings. The number of hydrogen-bond acceptors (Lipinski definition) is 5. The van der Waals surface area contributed by atoms with Crippen molar-refractivity contribution in [2.24, 2.45) is 5.92 Å². The van der Waals surface area contributed by atoms with Gasteiger partial charge in [-0.15, -0.1) is 11.3 Å². The van der Waals surface area contributed by atoms with Gasteiger partial charge >= 0.3 is 5.97 Å². The van der Waals surface area contributed by atoms with E-state index in [-0.39, 0.29) is 5.69 Å². The number of piperidine rings is 1. The Morgan fingerprint density at radius 1 is 1.52 bits per heavy atom. The number of anilines is 1. The number of hydrogen-bond donors (Lipinski definition) is 1. The number of rotatable bonds is 4. The minimum Gasteiger partial charge on any atom is -0.476 e. The van der Waals surface area contributed by atoms with Gasteiger partial charge in [0, 0.05) is 25.2 Å². The first kappa shape index (κ1) is 14.3. The van der Waals surface area contributed by atoms with Crippen molar-refractivity contribution in [2.75, 3.05) is 38.6 Å². The highest BCUT2D eigenvalue weighted by Gasteiger charge is 2.25. The molecule has 0 aliphatic carbocycles. The van der Waals surface area contributed by atoms with E-state index in [0.29, 0.717) is 11.7 Å². The van der Waals surface area contributed by atoms with Crippen molar-refractivity contribution >= 4 is 28.1 Å². The maximum Gasteiger partial charge on any atom is 0.356 e. The zero-order valence-corrected chi connectivity index (χ0v) is 13.1. The monoisotopic (exact) mass is 308 g/mol. The van der Waals surface area contributed by atoms with Crippen LogP contribution in [-0.4, -0.2) is 59.1 Å². The number of carbonyl (C=O) groups is 1. The topological polar surface area (TPSA) is 61.1 Å². The van der Waals surface area contributed by atoms with Crippen LogP contribution in [0, 0.1) is 5.92 Å². The lowest BCUT2D eigenvalue weighted by Crippen LogP contribution is -2.36. The summed E-state index contributed by atoms with van der Waals surface area (Å²) in [6.45, 7) is 3.09. The first-order chi connectivity index (χ1) is 10.1. The molecule has 3 heterocycles. The Labute approximate surface area is 127 Å². The molecule has 2 aromatic rings. The number of imidazole rings is 1. The summed E-state index contributed by atoms with van der Waals surface area (Å²) in [4.78, 5) is 21.1. The maximum absolute atomic E-state index is 11.5. The third-order valence-corrected chi connectivity index (χ3v) is 4.93. The number of carboxylic acids is 1. The van der Waals surface area contributed by atoms with Crippen molar-refractivity contribution in [3.8, 4) is 0 Å². The molecule has 1 aliphatic heterocycles. The Morgan fingerprint density at radius 3 is 2.90 bits per heavy atom. The van der Waals surface area contributed by atoms with Gasteiger partial charge in [-0.2, -0.15) is 0 Å². The highest BCUT2D eigenvalue weighted by molar-refractivity contribution is 7.15. The molecule has 7 heteroatoms. The van der Waals surface area contributed by atoms with Crippen LogP contribution in [0.25, 0.3) is 4.96 Å². The summed E-state index contributed by atoms with van der Waals surface area (Å²) in [5.74, 6) is 0.256. The smallest absolute Gasteiger partial charge is 0.356 e. The van der Waals surface area contributed by atoms with Crippen LogP contribution in [0.2, 0.25) is 0 Å². The molecule has 0 radical (unpaired) electrons. The lowest BCUT2D eigenvalue weighted by atomic mass is 9.97.